The number of hydrogen-bond donors (Lipinski definition) is 1. The molecule has 0 bridgehead atoms. The van der Waals surface area contributed by atoms with Crippen LogP contribution in [0.4, 0.5) is 5.69 Å². The van der Waals surface area contributed by atoms with Gasteiger partial charge in [0.25, 0.3) is 0 Å². The van der Waals surface area contributed by atoms with Gasteiger partial charge in [0, 0.05) is 52.4 Å². The lowest BCUT2D eigenvalue weighted by Gasteiger charge is -2.36. The molecule has 0 aliphatic carbocycles. The first kappa shape index (κ1) is 18.3. The number of anilines is 1. The molecule has 0 amide bonds. The molecule has 3 rings (SSSR count). The molecule has 1 aromatic rings. The van der Waals surface area contributed by atoms with E-state index in [0.29, 0.717) is 5.96 Å². The minimum absolute atomic E-state index is 0.659. The first-order valence-electron chi connectivity index (χ1n) is 9.08. The van der Waals surface area contributed by atoms with E-state index < -0.39 is 0 Å². The maximum absolute atomic E-state index is 6.30. The Labute approximate surface area is 155 Å². The van der Waals surface area contributed by atoms with Gasteiger partial charge in [-0.25, -0.2) is 0 Å². The Morgan fingerprint density at radius 2 is 1.80 bits per heavy atom. The second-order valence-electron chi connectivity index (χ2n) is 6.47. The average molecular weight is 366 g/mol. The van der Waals surface area contributed by atoms with Gasteiger partial charge in [-0.2, -0.15) is 0 Å². The van der Waals surface area contributed by atoms with Crippen molar-refractivity contribution in [2.24, 2.45) is 10.7 Å². The smallest absolute Gasteiger partial charge is 0.191 e. The van der Waals surface area contributed by atoms with E-state index >= 15 is 0 Å². The summed E-state index contributed by atoms with van der Waals surface area (Å²) in [4.78, 5) is 11.5. The van der Waals surface area contributed by atoms with Crippen molar-refractivity contribution in [1.29, 1.82) is 0 Å². The van der Waals surface area contributed by atoms with E-state index in [1.54, 1.807) is 0 Å². The lowest BCUT2D eigenvalue weighted by molar-refractivity contribution is 0.0674. The molecule has 25 heavy (non-hydrogen) atoms. The van der Waals surface area contributed by atoms with Gasteiger partial charge in [-0.15, -0.1) is 0 Å². The topological polar surface area (TPSA) is 57.3 Å². The monoisotopic (exact) mass is 365 g/mol. The van der Waals surface area contributed by atoms with Gasteiger partial charge in [-0.1, -0.05) is 23.7 Å². The Hall–Kier alpha value is -1.50. The van der Waals surface area contributed by atoms with Crippen LogP contribution in [-0.2, 0) is 4.74 Å². The molecule has 0 radical (unpaired) electrons. The van der Waals surface area contributed by atoms with E-state index in [1.807, 2.05) is 18.2 Å². The van der Waals surface area contributed by atoms with E-state index in [1.165, 1.54) is 0 Å². The van der Waals surface area contributed by atoms with Gasteiger partial charge < -0.3 is 20.3 Å². The first-order valence-corrected chi connectivity index (χ1v) is 9.46. The predicted octanol–water partition coefficient (Wildman–Crippen LogP) is 1.50. The third kappa shape index (κ3) is 5.23. The fourth-order valence-electron chi connectivity index (χ4n) is 3.30. The summed E-state index contributed by atoms with van der Waals surface area (Å²) in [5, 5.41) is 0.837. The molecule has 2 N–H and O–H groups in total. The highest BCUT2D eigenvalue weighted by atomic mass is 35.5. The van der Waals surface area contributed by atoms with E-state index in [9.17, 15) is 0 Å². The number of benzene rings is 1. The summed E-state index contributed by atoms with van der Waals surface area (Å²) in [6.07, 6.45) is 1.04. The Kier molecular flexibility index (Phi) is 6.78. The van der Waals surface area contributed by atoms with Crippen LogP contribution < -0.4 is 10.6 Å². The SMILES string of the molecule is NC(=NCCCN1CCN(c2ccccc2Cl)CC1)N1CCOCC1. The van der Waals surface area contributed by atoms with Gasteiger partial charge in [-0.3, -0.25) is 9.89 Å². The first-order chi connectivity index (χ1) is 12.2. The highest BCUT2D eigenvalue weighted by molar-refractivity contribution is 6.33. The number of morpholine rings is 1. The molecule has 2 aliphatic heterocycles. The molecule has 7 heteroatoms. The van der Waals surface area contributed by atoms with Crippen LogP contribution >= 0.6 is 11.6 Å². The van der Waals surface area contributed by atoms with Crippen LogP contribution in [0, 0.1) is 0 Å². The minimum atomic E-state index is 0.659. The van der Waals surface area contributed by atoms with E-state index in [0.717, 1.165) is 82.7 Å². The van der Waals surface area contributed by atoms with Gasteiger partial charge in [0.05, 0.1) is 23.9 Å². The number of nitrogens with two attached hydrogens (primary N) is 1. The maximum atomic E-state index is 6.30. The molecular weight excluding hydrogens is 338 g/mol. The van der Waals surface area contributed by atoms with Gasteiger partial charge in [0.2, 0.25) is 0 Å². The summed E-state index contributed by atoms with van der Waals surface area (Å²) >= 11 is 6.30. The zero-order valence-corrected chi connectivity index (χ0v) is 15.5. The van der Waals surface area contributed by atoms with Crippen LogP contribution in [0.25, 0.3) is 0 Å². The number of guanidine groups is 1. The van der Waals surface area contributed by atoms with Crippen molar-refractivity contribution >= 4 is 23.2 Å². The number of nitrogens with zero attached hydrogens (tertiary/aromatic N) is 4. The summed E-state index contributed by atoms with van der Waals surface area (Å²) in [6.45, 7) is 9.19. The Morgan fingerprint density at radius 3 is 2.52 bits per heavy atom. The molecule has 2 aliphatic rings. The van der Waals surface area contributed by atoms with Crippen molar-refractivity contribution in [2.45, 2.75) is 6.42 Å². The zero-order valence-electron chi connectivity index (χ0n) is 14.7. The fourth-order valence-corrected chi connectivity index (χ4v) is 3.56. The number of hydrogen-bond acceptors (Lipinski definition) is 4. The van der Waals surface area contributed by atoms with Crippen molar-refractivity contribution in [3.05, 3.63) is 29.3 Å². The third-order valence-electron chi connectivity index (χ3n) is 4.81. The molecule has 138 valence electrons. The molecule has 0 saturated carbocycles. The van der Waals surface area contributed by atoms with Gasteiger partial charge in [0.15, 0.2) is 5.96 Å². The Balaban J connectivity index is 1.36. The summed E-state index contributed by atoms with van der Waals surface area (Å²) in [6, 6.07) is 8.08. The van der Waals surface area contributed by atoms with Crippen molar-refractivity contribution in [3.8, 4) is 0 Å². The number of ether oxygens (including phenoxy) is 1. The lowest BCUT2D eigenvalue weighted by Crippen LogP contribution is -2.47. The Morgan fingerprint density at radius 1 is 1.08 bits per heavy atom. The molecular formula is C18H28ClN5O. The maximum Gasteiger partial charge on any atom is 0.191 e. The average Bonchev–Trinajstić information content (AvgIpc) is 2.67. The highest BCUT2D eigenvalue weighted by Crippen LogP contribution is 2.25. The van der Waals surface area contributed by atoms with Crippen LogP contribution in [0.2, 0.25) is 5.02 Å². The highest BCUT2D eigenvalue weighted by Gasteiger charge is 2.18. The standard InChI is InChI=1S/C18H28ClN5O/c19-16-4-1-2-5-17(16)23-10-8-22(9-11-23)7-3-6-21-18(20)24-12-14-25-15-13-24/h1-2,4-5H,3,6-15H2,(H2,20,21). The fraction of sp³-hybridized carbons (Fsp3) is 0.611. The molecule has 0 spiro atoms. The van der Waals surface area contributed by atoms with Crippen molar-refractivity contribution in [2.75, 3.05) is 70.5 Å². The van der Waals surface area contributed by atoms with Gasteiger partial charge >= 0.3 is 0 Å². The van der Waals surface area contributed by atoms with Crippen molar-refractivity contribution in [1.82, 2.24) is 9.80 Å². The van der Waals surface area contributed by atoms with Crippen molar-refractivity contribution in [3.63, 3.8) is 0 Å². The molecule has 0 unspecified atom stereocenters. The van der Waals surface area contributed by atoms with Gasteiger partial charge in [-0.05, 0) is 18.6 Å². The Bertz CT molecular complexity index is 568. The second kappa shape index (κ2) is 9.27. The summed E-state index contributed by atoms with van der Waals surface area (Å²) in [5.41, 5.74) is 7.20. The summed E-state index contributed by atoms with van der Waals surface area (Å²) in [7, 11) is 0. The number of rotatable bonds is 5. The molecule has 2 heterocycles. The normalized spacial score (nSPS) is 20.1. The number of aliphatic imine (C=N–C) groups is 1. The van der Waals surface area contributed by atoms with Crippen LogP contribution in [0.15, 0.2) is 29.3 Å². The molecule has 0 atom stereocenters. The van der Waals surface area contributed by atoms with Crippen LogP contribution in [-0.4, -0.2) is 81.3 Å². The molecule has 6 nitrogen and oxygen atoms in total. The number of piperazine rings is 1. The van der Waals surface area contributed by atoms with Gasteiger partial charge in [0.1, 0.15) is 0 Å². The molecule has 0 aromatic heterocycles. The van der Waals surface area contributed by atoms with Crippen LogP contribution in [0.5, 0.6) is 0 Å². The third-order valence-corrected chi connectivity index (χ3v) is 5.13. The lowest BCUT2D eigenvalue weighted by atomic mass is 10.2. The largest absolute Gasteiger partial charge is 0.378 e. The minimum Gasteiger partial charge on any atom is -0.378 e. The van der Waals surface area contributed by atoms with E-state index in [-0.39, 0.29) is 0 Å². The zero-order chi connectivity index (χ0) is 17.5. The number of para-hydroxylation sites is 1. The molecule has 1 aromatic carbocycles. The summed E-state index contributed by atoms with van der Waals surface area (Å²) < 4.78 is 5.33. The van der Waals surface area contributed by atoms with Crippen LogP contribution in [0.3, 0.4) is 0 Å². The summed E-state index contributed by atoms with van der Waals surface area (Å²) in [5.74, 6) is 0.659. The van der Waals surface area contributed by atoms with E-state index in [2.05, 4.69) is 25.8 Å². The quantitative estimate of drug-likeness (QED) is 0.487. The van der Waals surface area contributed by atoms with Crippen molar-refractivity contribution < 1.29 is 4.74 Å². The second-order valence-corrected chi connectivity index (χ2v) is 6.88. The predicted molar refractivity (Wildman–Crippen MR) is 104 cm³/mol. The molecule has 2 fully saturated rings. The number of halogens is 1. The van der Waals surface area contributed by atoms with Crippen LogP contribution in [0.1, 0.15) is 6.42 Å². The van der Waals surface area contributed by atoms with E-state index in [4.69, 9.17) is 22.1 Å². The molecule has 2 saturated heterocycles.